The Morgan fingerprint density at radius 1 is 1.18 bits per heavy atom. The Bertz CT molecular complexity index is 1140. The van der Waals surface area contributed by atoms with Crippen LogP contribution in [0.4, 0.5) is 0 Å². The first-order valence-electron chi connectivity index (χ1n) is 8.83. The van der Waals surface area contributed by atoms with E-state index in [0.717, 1.165) is 22.2 Å². The van der Waals surface area contributed by atoms with Crippen LogP contribution in [0, 0.1) is 6.92 Å². The van der Waals surface area contributed by atoms with Crippen molar-refractivity contribution in [1.29, 1.82) is 0 Å². The third-order valence-electron chi connectivity index (χ3n) is 4.29. The van der Waals surface area contributed by atoms with Gasteiger partial charge in [0.05, 0.1) is 12.3 Å². The molecule has 0 aliphatic heterocycles. The number of para-hydroxylation sites is 2. The van der Waals surface area contributed by atoms with Gasteiger partial charge in [-0.1, -0.05) is 48.2 Å². The molecule has 7 nitrogen and oxygen atoms in total. The molecule has 0 N–H and O–H groups in total. The van der Waals surface area contributed by atoms with Crippen molar-refractivity contribution in [3.8, 4) is 5.69 Å². The number of tetrazole rings is 1. The van der Waals surface area contributed by atoms with Crippen LogP contribution in [0.1, 0.15) is 28.6 Å². The van der Waals surface area contributed by atoms with E-state index in [1.807, 2.05) is 55.5 Å². The SMILES string of the molecule is CCOC(=O)c1oc2ccccc2c1CSc1nnnn1-c1ccccc1C. The average molecular weight is 394 g/mol. The van der Waals surface area contributed by atoms with Crippen LogP contribution in [0.25, 0.3) is 16.7 Å². The fraction of sp³-hybridized carbons (Fsp3) is 0.200. The first-order chi connectivity index (χ1) is 13.7. The second-order valence-corrected chi connectivity index (χ2v) is 7.02. The molecule has 2 aromatic carbocycles. The van der Waals surface area contributed by atoms with E-state index in [2.05, 4.69) is 15.5 Å². The number of furan rings is 1. The predicted octanol–water partition coefficient (Wildman–Crippen LogP) is 4.19. The molecule has 0 amide bonds. The molecule has 0 saturated heterocycles. The van der Waals surface area contributed by atoms with Gasteiger partial charge in [0, 0.05) is 16.7 Å². The van der Waals surface area contributed by atoms with Crippen LogP contribution < -0.4 is 0 Å². The number of carbonyl (C=O) groups is 1. The fourth-order valence-electron chi connectivity index (χ4n) is 2.96. The minimum absolute atomic E-state index is 0.227. The van der Waals surface area contributed by atoms with Crippen molar-refractivity contribution in [2.45, 2.75) is 24.8 Å². The zero-order chi connectivity index (χ0) is 19.5. The molecule has 0 aliphatic rings. The van der Waals surface area contributed by atoms with Crippen molar-refractivity contribution in [2.24, 2.45) is 0 Å². The largest absolute Gasteiger partial charge is 0.460 e. The van der Waals surface area contributed by atoms with Gasteiger partial charge in [-0.15, -0.1) is 5.10 Å². The summed E-state index contributed by atoms with van der Waals surface area (Å²) in [6.45, 7) is 4.06. The van der Waals surface area contributed by atoms with Gasteiger partial charge in [-0.3, -0.25) is 0 Å². The fourth-order valence-corrected chi connectivity index (χ4v) is 3.87. The van der Waals surface area contributed by atoms with E-state index in [-0.39, 0.29) is 12.4 Å². The van der Waals surface area contributed by atoms with Crippen LogP contribution in [0.3, 0.4) is 0 Å². The number of benzene rings is 2. The van der Waals surface area contributed by atoms with Crippen molar-refractivity contribution in [3.05, 3.63) is 65.4 Å². The highest BCUT2D eigenvalue weighted by molar-refractivity contribution is 7.98. The second kappa shape index (κ2) is 7.85. The summed E-state index contributed by atoms with van der Waals surface area (Å²) in [5.74, 6) is 0.232. The lowest BCUT2D eigenvalue weighted by Gasteiger charge is -2.07. The first kappa shape index (κ1) is 18.2. The van der Waals surface area contributed by atoms with Gasteiger partial charge in [-0.2, -0.15) is 4.68 Å². The molecule has 0 aliphatic carbocycles. The molecule has 0 unspecified atom stereocenters. The van der Waals surface area contributed by atoms with Crippen LogP contribution >= 0.6 is 11.8 Å². The maximum atomic E-state index is 12.4. The van der Waals surface area contributed by atoms with Crippen molar-refractivity contribution >= 4 is 28.7 Å². The van der Waals surface area contributed by atoms with Gasteiger partial charge in [0.1, 0.15) is 5.58 Å². The van der Waals surface area contributed by atoms with Crippen LogP contribution in [-0.2, 0) is 10.5 Å². The van der Waals surface area contributed by atoms with Gasteiger partial charge in [0.2, 0.25) is 10.9 Å². The number of hydrogen-bond donors (Lipinski definition) is 0. The molecule has 142 valence electrons. The lowest BCUT2D eigenvalue weighted by Crippen LogP contribution is -2.06. The Morgan fingerprint density at radius 3 is 2.79 bits per heavy atom. The number of ether oxygens (including phenoxy) is 1. The number of fused-ring (bicyclic) bond motifs is 1. The maximum absolute atomic E-state index is 12.4. The highest BCUT2D eigenvalue weighted by Crippen LogP contribution is 2.32. The van der Waals surface area contributed by atoms with E-state index < -0.39 is 5.97 Å². The van der Waals surface area contributed by atoms with Gasteiger partial charge in [0.15, 0.2) is 0 Å². The quantitative estimate of drug-likeness (QED) is 0.358. The molecule has 2 aromatic heterocycles. The molecule has 2 heterocycles. The molecule has 4 aromatic rings. The summed E-state index contributed by atoms with van der Waals surface area (Å²) >= 11 is 1.44. The summed E-state index contributed by atoms with van der Waals surface area (Å²) in [5.41, 5.74) is 3.41. The van der Waals surface area contributed by atoms with Gasteiger partial charge in [-0.25, -0.2) is 4.79 Å². The highest BCUT2D eigenvalue weighted by atomic mass is 32.2. The van der Waals surface area contributed by atoms with Gasteiger partial charge >= 0.3 is 5.97 Å². The number of nitrogens with zero attached hydrogens (tertiary/aromatic N) is 4. The average Bonchev–Trinajstić information content (AvgIpc) is 3.31. The minimum atomic E-state index is -0.465. The van der Waals surface area contributed by atoms with E-state index >= 15 is 0 Å². The molecule has 0 bridgehead atoms. The third-order valence-corrected chi connectivity index (χ3v) is 5.24. The third kappa shape index (κ3) is 3.38. The molecule has 0 spiro atoms. The summed E-state index contributed by atoms with van der Waals surface area (Å²) < 4.78 is 12.6. The molecular weight excluding hydrogens is 376 g/mol. The van der Waals surface area contributed by atoms with Crippen molar-refractivity contribution in [1.82, 2.24) is 20.2 Å². The molecule has 0 saturated carbocycles. The number of esters is 1. The van der Waals surface area contributed by atoms with E-state index in [1.165, 1.54) is 11.8 Å². The Morgan fingerprint density at radius 2 is 1.96 bits per heavy atom. The number of thioether (sulfide) groups is 1. The van der Waals surface area contributed by atoms with Crippen LogP contribution in [0.2, 0.25) is 0 Å². The Balaban J connectivity index is 1.67. The number of rotatable bonds is 6. The van der Waals surface area contributed by atoms with Crippen molar-refractivity contribution in [3.63, 3.8) is 0 Å². The Hall–Kier alpha value is -3.13. The number of aryl methyl sites for hydroxylation is 1. The van der Waals surface area contributed by atoms with Crippen LogP contribution in [0.5, 0.6) is 0 Å². The Kier molecular flexibility index (Phi) is 5.12. The van der Waals surface area contributed by atoms with Crippen LogP contribution in [0.15, 0.2) is 58.1 Å². The lowest BCUT2D eigenvalue weighted by atomic mass is 10.1. The normalized spacial score (nSPS) is 11.1. The molecule has 8 heteroatoms. The van der Waals surface area contributed by atoms with E-state index in [9.17, 15) is 4.79 Å². The monoisotopic (exact) mass is 394 g/mol. The van der Waals surface area contributed by atoms with E-state index in [0.29, 0.717) is 16.5 Å². The van der Waals surface area contributed by atoms with Gasteiger partial charge in [0.25, 0.3) is 0 Å². The van der Waals surface area contributed by atoms with Crippen LogP contribution in [-0.4, -0.2) is 32.8 Å². The minimum Gasteiger partial charge on any atom is -0.460 e. The lowest BCUT2D eigenvalue weighted by molar-refractivity contribution is 0.0491. The topological polar surface area (TPSA) is 83.0 Å². The highest BCUT2D eigenvalue weighted by Gasteiger charge is 2.22. The summed E-state index contributed by atoms with van der Waals surface area (Å²) in [4.78, 5) is 12.4. The second-order valence-electron chi connectivity index (χ2n) is 6.07. The zero-order valence-corrected chi connectivity index (χ0v) is 16.3. The van der Waals surface area contributed by atoms with E-state index in [1.54, 1.807) is 11.6 Å². The summed E-state index contributed by atoms with van der Waals surface area (Å²) in [6.07, 6.45) is 0. The number of carbonyl (C=O) groups excluding carboxylic acids is 1. The predicted molar refractivity (Wildman–Crippen MR) is 106 cm³/mol. The Labute approximate surface area is 165 Å². The van der Waals surface area contributed by atoms with Crippen molar-refractivity contribution in [2.75, 3.05) is 6.61 Å². The standard InChI is InChI=1S/C20H18N4O3S/c1-3-26-19(25)18-15(14-9-5-7-11-17(14)27-18)12-28-20-21-22-23-24(20)16-10-6-4-8-13(16)2/h4-11H,3,12H2,1-2H3. The molecule has 0 atom stereocenters. The molecule has 0 radical (unpaired) electrons. The van der Waals surface area contributed by atoms with Gasteiger partial charge in [-0.05, 0) is 42.0 Å². The molecule has 4 rings (SSSR count). The van der Waals surface area contributed by atoms with Crippen molar-refractivity contribution < 1.29 is 13.9 Å². The first-order valence-corrected chi connectivity index (χ1v) is 9.82. The zero-order valence-electron chi connectivity index (χ0n) is 15.5. The summed E-state index contributed by atoms with van der Waals surface area (Å²) in [5, 5.41) is 13.6. The van der Waals surface area contributed by atoms with Gasteiger partial charge < -0.3 is 9.15 Å². The smallest absolute Gasteiger partial charge is 0.374 e. The van der Waals surface area contributed by atoms with E-state index in [4.69, 9.17) is 9.15 Å². The summed E-state index contributed by atoms with van der Waals surface area (Å²) in [6, 6.07) is 15.4. The maximum Gasteiger partial charge on any atom is 0.374 e. The summed E-state index contributed by atoms with van der Waals surface area (Å²) in [7, 11) is 0. The number of hydrogen-bond acceptors (Lipinski definition) is 7. The molecular formula is C20H18N4O3S. The molecule has 28 heavy (non-hydrogen) atoms. The molecule has 0 fully saturated rings. The number of aromatic nitrogens is 4.